The van der Waals surface area contributed by atoms with Crippen LogP contribution in [0.2, 0.25) is 0 Å². The molecule has 0 aromatic heterocycles. The predicted molar refractivity (Wildman–Crippen MR) is 99.0 cm³/mol. The molecule has 0 radical (unpaired) electrons. The highest BCUT2D eigenvalue weighted by Gasteiger charge is 2.31. The molecule has 8 nitrogen and oxygen atoms in total. The smallest absolute Gasteiger partial charge is 0.353 e. The SMILES string of the molecule is O=C(OC(C(=O)O)C(=O)c1ccccc1)c1ccccc1.OCCOCCO. The van der Waals surface area contributed by atoms with Crippen LogP contribution in [-0.2, 0) is 14.3 Å². The maximum absolute atomic E-state index is 12.1. The summed E-state index contributed by atoms with van der Waals surface area (Å²) in [6, 6.07) is 15.7. The van der Waals surface area contributed by atoms with Crippen LogP contribution in [0.4, 0.5) is 0 Å². The Bertz CT molecular complexity index is 726. The summed E-state index contributed by atoms with van der Waals surface area (Å²) in [6.45, 7) is 0.696. The van der Waals surface area contributed by atoms with E-state index in [1.807, 2.05) is 0 Å². The van der Waals surface area contributed by atoms with E-state index in [1.165, 1.54) is 24.3 Å². The number of benzene rings is 2. The molecule has 1 atom stereocenters. The number of hydrogen-bond donors (Lipinski definition) is 3. The van der Waals surface area contributed by atoms with Crippen LogP contribution >= 0.6 is 0 Å². The third-order valence-corrected chi connectivity index (χ3v) is 3.23. The molecule has 0 saturated carbocycles. The maximum atomic E-state index is 12.1. The molecule has 0 amide bonds. The van der Waals surface area contributed by atoms with Gasteiger partial charge in [0.25, 0.3) is 6.10 Å². The Morgan fingerprint density at radius 3 is 1.68 bits per heavy atom. The van der Waals surface area contributed by atoms with Crippen LogP contribution in [0.3, 0.4) is 0 Å². The largest absolute Gasteiger partial charge is 0.478 e. The van der Waals surface area contributed by atoms with E-state index in [0.717, 1.165) is 0 Å². The molecule has 0 aliphatic heterocycles. The van der Waals surface area contributed by atoms with Gasteiger partial charge in [0.15, 0.2) is 0 Å². The number of rotatable bonds is 9. The number of carboxylic acids is 1. The van der Waals surface area contributed by atoms with Crippen LogP contribution in [0.15, 0.2) is 60.7 Å². The Kier molecular flexibility index (Phi) is 10.8. The van der Waals surface area contributed by atoms with Gasteiger partial charge < -0.3 is 24.8 Å². The highest BCUT2D eigenvalue weighted by atomic mass is 16.6. The van der Waals surface area contributed by atoms with Gasteiger partial charge in [-0.3, -0.25) is 4.79 Å². The number of ether oxygens (including phenoxy) is 2. The number of carbonyl (C=O) groups excluding carboxylic acids is 2. The summed E-state index contributed by atoms with van der Waals surface area (Å²) in [6.07, 6.45) is -1.86. The van der Waals surface area contributed by atoms with Crippen LogP contribution in [-0.4, -0.2) is 65.6 Å². The average Bonchev–Trinajstić information content (AvgIpc) is 2.73. The van der Waals surface area contributed by atoms with Gasteiger partial charge in [-0.1, -0.05) is 48.5 Å². The minimum Gasteiger partial charge on any atom is -0.478 e. The van der Waals surface area contributed by atoms with E-state index in [2.05, 4.69) is 4.74 Å². The summed E-state index contributed by atoms with van der Waals surface area (Å²) in [7, 11) is 0. The van der Waals surface area contributed by atoms with Crippen molar-refractivity contribution < 1.29 is 39.2 Å². The molecular formula is C20H22O8. The van der Waals surface area contributed by atoms with Gasteiger partial charge in [0, 0.05) is 5.56 Å². The van der Waals surface area contributed by atoms with E-state index < -0.39 is 23.8 Å². The maximum Gasteiger partial charge on any atom is 0.353 e. The zero-order valence-electron chi connectivity index (χ0n) is 15.1. The molecule has 0 aliphatic carbocycles. The summed E-state index contributed by atoms with van der Waals surface area (Å²) in [4.78, 5) is 35.1. The van der Waals surface area contributed by atoms with Crippen molar-refractivity contribution in [2.75, 3.05) is 26.4 Å². The first kappa shape index (κ1) is 23.0. The zero-order chi connectivity index (χ0) is 20.8. The molecule has 0 aliphatic rings. The van der Waals surface area contributed by atoms with E-state index in [0.29, 0.717) is 13.2 Å². The minimum absolute atomic E-state index is 0.0278. The first-order chi connectivity index (χ1) is 13.5. The first-order valence-electron chi connectivity index (χ1n) is 8.38. The number of carbonyl (C=O) groups is 3. The number of Topliss-reactive ketones (excluding diaryl/α,β-unsaturated/α-hetero) is 1. The number of aliphatic carboxylic acids is 1. The van der Waals surface area contributed by atoms with Crippen molar-refractivity contribution in [2.24, 2.45) is 0 Å². The topological polar surface area (TPSA) is 130 Å². The highest BCUT2D eigenvalue weighted by molar-refractivity contribution is 6.12. The molecule has 0 fully saturated rings. The van der Waals surface area contributed by atoms with E-state index in [4.69, 9.17) is 20.1 Å². The molecule has 0 bridgehead atoms. The lowest BCUT2D eigenvalue weighted by Crippen LogP contribution is -2.35. The van der Waals surface area contributed by atoms with Gasteiger partial charge in [-0.15, -0.1) is 0 Å². The number of aliphatic hydroxyl groups excluding tert-OH is 2. The molecule has 2 rings (SSSR count). The van der Waals surface area contributed by atoms with Crippen molar-refractivity contribution in [3.8, 4) is 0 Å². The molecule has 8 heteroatoms. The fourth-order valence-electron chi connectivity index (χ4n) is 1.95. The van der Waals surface area contributed by atoms with Gasteiger partial charge in [0.2, 0.25) is 5.78 Å². The highest BCUT2D eigenvalue weighted by Crippen LogP contribution is 2.10. The fraction of sp³-hybridized carbons (Fsp3) is 0.250. The standard InChI is InChI=1S/C16H12O5.C4H10O3/c17-13(11-7-3-1-4-8-11)14(15(18)19)21-16(20)12-9-5-2-6-10-12;5-1-3-7-4-2-6/h1-10,14H,(H,18,19);5-6H,1-4H2. The van der Waals surface area contributed by atoms with Crippen molar-refractivity contribution in [2.45, 2.75) is 6.10 Å². The van der Waals surface area contributed by atoms with Crippen molar-refractivity contribution >= 4 is 17.7 Å². The Morgan fingerprint density at radius 2 is 1.25 bits per heavy atom. The number of hydrogen-bond acceptors (Lipinski definition) is 7. The van der Waals surface area contributed by atoms with Gasteiger partial charge in [0.05, 0.1) is 32.0 Å². The second kappa shape index (κ2) is 13.2. The monoisotopic (exact) mass is 390 g/mol. The Hall–Kier alpha value is -3.07. The minimum atomic E-state index is -1.86. The Morgan fingerprint density at radius 1 is 0.786 bits per heavy atom. The summed E-state index contributed by atoms with van der Waals surface area (Å²) in [5.74, 6) is -3.13. The van der Waals surface area contributed by atoms with E-state index in [-0.39, 0.29) is 24.3 Å². The number of ketones is 1. The van der Waals surface area contributed by atoms with Crippen LogP contribution < -0.4 is 0 Å². The van der Waals surface area contributed by atoms with Crippen LogP contribution in [0, 0.1) is 0 Å². The molecule has 0 heterocycles. The Balaban J connectivity index is 0.000000480. The van der Waals surface area contributed by atoms with E-state index in [1.54, 1.807) is 36.4 Å². The van der Waals surface area contributed by atoms with Gasteiger partial charge >= 0.3 is 11.9 Å². The normalized spacial score (nSPS) is 10.9. The second-order valence-electron chi connectivity index (χ2n) is 5.28. The molecule has 0 saturated heterocycles. The lowest BCUT2D eigenvalue weighted by Gasteiger charge is -2.12. The number of esters is 1. The van der Waals surface area contributed by atoms with Gasteiger partial charge in [0.1, 0.15) is 0 Å². The van der Waals surface area contributed by atoms with Crippen LogP contribution in [0.5, 0.6) is 0 Å². The number of aliphatic hydroxyl groups is 2. The molecule has 3 N–H and O–H groups in total. The van der Waals surface area contributed by atoms with Crippen molar-refractivity contribution in [3.63, 3.8) is 0 Å². The lowest BCUT2D eigenvalue weighted by atomic mass is 10.1. The first-order valence-corrected chi connectivity index (χ1v) is 8.38. The molecule has 0 spiro atoms. The van der Waals surface area contributed by atoms with E-state index >= 15 is 0 Å². The van der Waals surface area contributed by atoms with Gasteiger partial charge in [-0.2, -0.15) is 0 Å². The van der Waals surface area contributed by atoms with Crippen molar-refractivity contribution in [3.05, 3.63) is 71.8 Å². The average molecular weight is 390 g/mol. The van der Waals surface area contributed by atoms with Gasteiger partial charge in [-0.05, 0) is 12.1 Å². The van der Waals surface area contributed by atoms with Crippen molar-refractivity contribution in [1.82, 2.24) is 0 Å². The van der Waals surface area contributed by atoms with Crippen LogP contribution in [0.1, 0.15) is 20.7 Å². The molecule has 2 aromatic carbocycles. The lowest BCUT2D eigenvalue weighted by molar-refractivity contribution is -0.144. The molecule has 28 heavy (non-hydrogen) atoms. The predicted octanol–water partition coefficient (Wildman–Crippen LogP) is 1.17. The molecule has 150 valence electrons. The molecular weight excluding hydrogens is 368 g/mol. The molecule has 2 aromatic rings. The second-order valence-corrected chi connectivity index (χ2v) is 5.28. The Labute approximate surface area is 162 Å². The van der Waals surface area contributed by atoms with Gasteiger partial charge in [-0.25, -0.2) is 9.59 Å². The van der Waals surface area contributed by atoms with Crippen molar-refractivity contribution in [1.29, 1.82) is 0 Å². The third-order valence-electron chi connectivity index (χ3n) is 3.23. The number of carboxylic acid groups (broad SMARTS) is 1. The molecule has 1 unspecified atom stereocenters. The van der Waals surface area contributed by atoms with Crippen LogP contribution in [0.25, 0.3) is 0 Å². The summed E-state index contributed by atoms with van der Waals surface area (Å²) < 4.78 is 9.46. The third kappa shape index (κ3) is 8.09. The summed E-state index contributed by atoms with van der Waals surface area (Å²) in [5, 5.41) is 25.3. The van der Waals surface area contributed by atoms with E-state index in [9.17, 15) is 14.4 Å². The zero-order valence-corrected chi connectivity index (χ0v) is 15.1. The summed E-state index contributed by atoms with van der Waals surface area (Å²) in [5.41, 5.74) is 0.357. The summed E-state index contributed by atoms with van der Waals surface area (Å²) >= 11 is 0. The fourth-order valence-corrected chi connectivity index (χ4v) is 1.95. The quantitative estimate of drug-likeness (QED) is 0.252.